The van der Waals surface area contributed by atoms with E-state index in [2.05, 4.69) is 0 Å². The molecule has 1 aromatic rings. The minimum absolute atomic E-state index is 0.0346. The van der Waals surface area contributed by atoms with E-state index in [0.717, 1.165) is 11.1 Å². The van der Waals surface area contributed by atoms with E-state index in [-0.39, 0.29) is 12.3 Å². The van der Waals surface area contributed by atoms with Crippen molar-refractivity contribution < 1.29 is 15.0 Å². The summed E-state index contributed by atoms with van der Waals surface area (Å²) < 4.78 is 0. The molecule has 1 rings (SSSR count). The fourth-order valence-electron chi connectivity index (χ4n) is 1.99. The molecule has 0 aliphatic carbocycles. The number of carbonyl (C=O) groups is 1. The summed E-state index contributed by atoms with van der Waals surface area (Å²) in [5.74, 6) is -1.37. The van der Waals surface area contributed by atoms with Crippen LogP contribution in [-0.2, 0) is 11.2 Å². The molecule has 106 valence electrons. The number of aryl methyl sites for hydroxylation is 1. The first-order valence-electron chi connectivity index (χ1n) is 6.73. The molecule has 3 heteroatoms. The minimum atomic E-state index is -0.951. The van der Waals surface area contributed by atoms with Gasteiger partial charge in [-0.3, -0.25) is 4.79 Å². The number of carboxylic acids is 1. The van der Waals surface area contributed by atoms with Crippen LogP contribution >= 0.6 is 0 Å². The molecule has 19 heavy (non-hydrogen) atoms. The van der Waals surface area contributed by atoms with Gasteiger partial charge in [0.1, 0.15) is 0 Å². The van der Waals surface area contributed by atoms with Crippen LogP contribution in [0.5, 0.6) is 0 Å². The smallest absolute Gasteiger partial charge is 0.306 e. The summed E-state index contributed by atoms with van der Waals surface area (Å²) in [4.78, 5) is 11.4. The van der Waals surface area contributed by atoms with Crippen LogP contribution in [0.1, 0.15) is 38.3 Å². The quantitative estimate of drug-likeness (QED) is 0.830. The molecule has 0 aliphatic heterocycles. The topological polar surface area (TPSA) is 57.5 Å². The van der Waals surface area contributed by atoms with Gasteiger partial charge in [-0.05, 0) is 38.2 Å². The molecule has 0 heterocycles. The zero-order valence-corrected chi connectivity index (χ0v) is 12.2. The average Bonchev–Trinajstić information content (AvgIpc) is 2.30. The van der Waals surface area contributed by atoms with Crippen molar-refractivity contribution >= 4 is 5.97 Å². The van der Waals surface area contributed by atoms with Gasteiger partial charge in [-0.15, -0.1) is 0 Å². The average molecular weight is 264 g/mol. The van der Waals surface area contributed by atoms with Crippen molar-refractivity contribution in [2.24, 2.45) is 11.8 Å². The fraction of sp³-hybridized carbons (Fsp3) is 0.562. The molecule has 2 N–H and O–H groups in total. The Morgan fingerprint density at radius 2 is 1.79 bits per heavy atom. The van der Waals surface area contributed by atoms with Crippen LogP contribution in [0.3, 0.4) is 0 Å². The van der Waals surface area contributed by atoms with E-state index in [9.17, 15) is 15.0 Å². The number of hydrogen-bond donors (Lipinski definition) is 2. The predicted molar refractivity (Wildman–Crippen MR) is 76.1 cm³/mol. The van der Waals surface area contributed by atoms with Gasteiger partial charge < -0.3 is 10.2 Å². The third-order valence-corrected chi connectivity index (χ3v) is 3.86. The molecule has 3 nitrogen and oxygen atoms in total. The molecular formula is C16H24O3. The maximum atomic E-state index is 11.4. The van der Waals surface area contributed by atoms with Crippen LogP contribution in [0.2, 0.25) is 0 Å². The molecule has 1 aromatic carbocycles. The largest absolute Gasteiger partial charge is 0.481 e. The fourth-order valence-corrected chi connectivity index (χ4v) is 1.99. The molecule has 0 radical (unpaired) electrons. The van der Waals surface area contributed by atoms with Gasteiger partial charge in [-0.25, -0.2) is 0 Å². The molecule has 2 unspecified atom stereocenters. The molecule has 0 amide bonds. The minimum Gasteiger partial charge on any atom is -0.481 e. The highest BCUT2D eigenvalue weighted by molar-refractivity contribution is 5.70. The molecule has 0 bridgehead atoms. The van der Waals surface area contributed by atoms with Crippen molar-refractivity contribution in [2.45, 2.75) is 46.1 Å². The SMILES string of the molecule is Cc1ccc(CC(CC(C)(O)C(C)C)C(=O)O)cc1. The van der Waals surface area contributed by atoms with Crippen LogP contribution in [-0.4, -0.2) is 21.8 Å². The monoisotopic (exact) mass is 264 g/mol. The Balaban J connectivity index is 2.79. The van der Waals surface area contributed by atoms with Crippen LogP contribution < -0.4 is 0 Å². The zero-order valence-electron chi connectivity index (χ0n) is 12.2. The highest BCUT2D eigenvalue weighted by Crippen LogP contribution is 2.27. The van der Waals surface area contributed by atoms with Crippen LogP contribution in [0, 0.1) is 18.8 Å². The first-order valence-corrected chi connectivity index (χ1v) is 6.73. The first-order chi connectivity index (χ1) is 8.72. The van der Waals surface area contributed by atoms with Crippen molar-refractivity contribution in [3.63, 3.8) is 0 Å². The van der Waals surface area contributed by atoms with Gasteiger partial charge in [0.25, 0.3) is 0 Å². The second-order valence-corrected chi connectivity index (χ2v) is 5.94. The lowest BCUT2D eigenvalue weighted by Crippen LogP contribution is -2.36. The summed E-state index contributed by atoms with van der Waals surface area (Å²) in [6.45, 7) is 7.53. The predicted octanol–water partition coefficient (Wildman–Crippen LogP) is 3.04. The maximum Gasteiger partial charge on any atom is 0.306 e. The molecule has 2 atom stereocenters. The van der Waals surface area contributed by atoms with Gasteiger partial charge in [0.05, 0.1) is 11.5 Å². The Hall–Kier alpha value is -1.35. The zero-order chi connectivity index (χ0) is 14.6. The highest BCUT2D eigenvalue weighted by atomic mass is 16.4. The maximum absolute atomic E-state index is 11.4. The number of rotatable bonds is 6. The molecular weight excluding hydrogens is 240 g/mol. The van der Waals surface area contributed by atoms with E-state index in [4.69, 9.17) is 0 Å². The third-order valence-electron chi connectivity index (χ3n) is 3.86. The first kappa shape index (κ1) is 15.7. The lowest BCUT2D eigenvalue weighted by Gasteiger charge is -2.30. The summed E-state index contributed by atoms with van der Waals surface area (Å²) >= 11 is 0. The van der Waals surface area contributed by atoms with Gasteiger partial charge in [-0.1, -0.05) is 43.7 Å². The van der Waals surface area contributed by atoms with Gasteiger partial charge in [0.2, 0.25) is 0 Å². The van der Waals surface area contributed by atoms with Gasteiger partial charge in [0, 0.05) is 0 Å². The van der Waals surface area contributed by atoms with Crippen molar-refractivity contribution in [3.8, 4) is 0 Å². The van der Waals surface area contributed by atoms with E-state index >= 15 is 0 Å². The van der Waals surface area contributed by atoms with Crippen LogP contribution in [0.4, 0.5) is 0 Å². The summed E-state index contributed by atoms with van der Waals surface area (Å²) in [6, 6.07) is 7.87. The van der Waals surface area contributed by atoms with E-state index in [0.29, 0.717) is 6.42 Å². The molecule has 0 saturated heterocycles. The summed E-state index contributed by atoms with van der Waals surface area (Å²) in [7, 11) is 0. The number of hydrogen-bond acceptors (Lipinski definition) is 2. The lowest BCUT2D eigenvalue weighted by molar-refractivity contribution is -0.144. The van der Waals surface area contributed by atoms with Crippen LogP contribution in [0.25, 0.3) is 0 Å². The summed E-state index contributed by atoms with van der Waals surface area (Å²) in [5.41, 5.74) is 1.20. The normalized spacial score (nSPS) is 16.1. The van der Waals surface area contributed by atoms with E-state index in [1.54, 1.807) is 6.92 Å². The Morgan fingerprint density at radius 3 is 2.21 bits per heavy atom. The number of aliphatic carboxylic acids is 1. The standard InChI is InChI=1S/C16H24O3/c1-11(2)16(4,19)10-14(15(17)18)9-13-7-5-12(3)6-8-13/h5-8,11,14,19H,9-10H2,1-4H3,(H,17,18). The van der Waals surface area contributed by atoms with Crippen molar-refractivity contribution in [2.75, 3.05) is 0 Å². The summed E-state index contributed by atoms with van der Waals surface area (Å²) in [5, 5.41) is 19.6. The molecule has 0 aromatic heterocycles. The molecule has 0 fully saturated rings. The molecule has 0 saturated carbocycles. The second-order valence-electron chi connectivity index (χ2n) is 5.94. The Bertz CT molecular complexity index is 418. The molecule has 0 spiro atoms. The Kier molecular flexibility index (Phi) is 5.12. The van der Waals surface area contributed by atoms with Crippen molar-refractivity contribution in [1.29, 1.82) is 0 Å². The van der Waals surface area contributed by atoms with Crippen molar-refractivity contribution in [3.05, 3.63) is 35.4 Å². The Labute approximate surface area is 115 Å². The van der Waals surface area contributed by atoms with E-state index < -0.39 is 17.5 Å². The van der Waals surface area contributed by atoms with E-state index in [1.165, 1.54) is 0 Å². The Morgan fingerprint density at radius 1 is 1.26 bits per heavy atom. The number of benzene rings is 1. The number of aliphatic hydroxyl groups is 1. The third kappa shape index (κ3) is 4.67. The summed E-state index contributed by atoms with van der Waals surface area (Å²) in [6.07, 6.45) is 0.729. The number of carboxylic acid groups (broad SMARTS) is 1. The lowest BCUT2D eigenvalue weighted by atomic mass is 9.81. The van der Waals surface area contributed by atoms with Crippen molar-refractivity contribution in [1.82, 2.24) is 0 Å². The van der Waals surface area contributed by atoms with Crippen LogP contribution in [0.15, 0.2) is 24.3 Å². The second kappa shape index (κ2) is 6.20. The highest BCUT2D eigenvalue weighted by Gasteiger charge is 2.32. The van der Waals surface area contributed by atoms with Gasteiger partial charge in [-0.2, -0.15) is 0 Å². The van der Waals surface area contributed by atoms with E-state index in [1.807, 2.05) is 45.0 Å². The molecule has 0 aliphatic rings. The van der Waals surface area contributed by atoms with Gasteiger partial charge in [0.15, 0.2) is 0 Å². The van der Waals surface area contributed by atoms with Gasteiger partial charge >= 0.3 is 5.97 Å².